The van der Waals surface area contributed by atoms with E-state index in [0.29, 0.717) is 57.9 Å². The van der Waals surface area contributed by atoms with Crippen molar-refractivity contribution in [2.45, 2.75) is 19.6 Å². The molecule has 1 aliphatic heterocycles. The number of hydrogen-bond acceptors (Lipinski definition) is 3. The zero-order chi connectivity index (χ0) is 60.0. The van der Waals surface area contributed by atoms with E-state index in [2.05, 4.69) is 35.1 Å². The Morgan fingerprint density at radius 2 is 0.888 bits per heavy atom. The number of carbonyl (C=O) groups is 2. The molecule has 8 bridgehead atoms. The largest absolute Gasteiger partial charge is 0.657 e. The van der Waals surface area contributed by atoms with Gasteiger partial charge in [-0.05, 0) is 125 Å². The fourth-order valence-electron chi connectivity index (χ4n) is 11.3. The number of nitrogens with two attached hydrogens (primary N) is 1. The molecule has 14 rings (SSSR count). The Balaban J connectivity index is 0.821. The van der Waals surface area contributed by atoms with Crippen LogP contribution in [0, 0.1) is 0 Å². The minimum absolute atomic E-state index is 0.0408. The number of aromatic amines is 1. The van der Waals surface area contributed by atoms with Crippen LogP contribution in [0.3, 0.4) is 0 Å². The Labute approximate surface area is 513 Å². The van der Waals surface area contributed by atoms with Crippen LogP contribution in [0.15, 0.2) is 274 Å². The van der Waals surface area contributed by atoms with Crippen LogP contribution in [-0.2, 0) is 19.6 Å². The van der Waals surface area contributed by atoms with Crippen molar-refractivity contribution in [1.29, 1.82) is 0 Å². The second-order valence-corrected chi connectivity index (χ2v) is 22.0. The van der Waals surface area contributed by atoms with E-state index >= 15 is 0 Å². The van der Waals surface area contributed by atoms with Crippen molar-refractivity contribution in [2.24, 2.45) is 0 Å². The van der Waals surface area contributed by atoms with Gasteiger partial charge in [-0.3, -0.25) is 4.79 Å². The lowest BCUT2D eigenvalue weighted by molar-refractivity contribution is -0.688. The molecule has 7 aromatic heterocycles. The number of anilines is 1. The number of nitrogens with one attached hydrogen (secondary N) is 3. The van der Waals surface area contributed by atoms with Gasteiger partial charge in [0.2, 0.25) is 5.69 Å². The third kappa shape index (κ3) is 12.3. The van der Waals surface area contributed by atoms with Crippen molar-refractivity contribution in [3.05, 3.63) is 319 Å². The summed E-state index contributed by atoms with van der Waals surface area (Å²) >= 11 is 0. The van der Waals surface area contributed by atoms with Crippen LogP contribution in [0.4, 0.5) is 17.1 Å². The van der Waals surface area contributed by atoms with Gasteiger partial charge in [-0.15, -0.1) is 22.1 Å². The first-order valence-corrected chi connectivity index (χ1v) is 29.4. The van der Waals surface area contributed by atoms with Gasteiger partial charge in [0.25, 0.3) is 5.91 Å². The number of carbonyl (C=O) groups excluding carboxylic acids is 2. The van der Waals surface area contributed by atoms with Gasteiger partial charge in [-0.2, -0.15) is 4.99 Å². The lowest BCUT2D eigenvalue weighted by Gasteiger charge is -2.14. The van der Waals surface area contributed by atoms with Crippen molar-refractivity contribution in [1.82, 2.24) is 19.9 Å². The summed E-state index contributed by atoms with van der Waals surface area (Å²) < 4.78 is 6.30. The van der Waals surface area contributed by atoms with E-state index in [9.17, 15) is 14.7 Å². The van der Waals surface area contributed by atoms with E-state index in [1.165, 1.54) is 0 Å². The van der Waals surface area contributed by atoms with E-state index in [4.69, 9.17) is 15.0 Å². The number of amides is 2. The summed E-state index contributed by atoms with van der Waals surface area (Å²) in [6, 6.07) is 77.2. The van der Waals surface area contributed by atoms with Crippen LogP contribution in [-0.4, -0.2) is 32.8 Å². The van der Waals surface area contributed by atoms with Gasteiger partial charge < -0.3 is 25.4 Å². The first kappa shape index (κ1) is 55.0. The summed E-state index contributed by atoms with van der Waals surface area (Å²) in [4.78, 5) is 50.4. The van der Waals surface area contributed by atoms with E-state index < -0.39 is 0 Å². The molecule has 0 aliphatic carbocycles. The zero-order valence-corrected chi connectivity index (χ0v) is 48.3. The van der Waals surface area contributed by atoms with E-state index in [0.717, 1.165) is 90.1 Å². The number of aliphatic hydroxyl groups excluding tert-OH is 1. The Morgan fingerprint density at radius 3 is 1.45 bits per heavy atom. The number of pyridine rings is 3. The topological polar surface area (TPSA) is 165 Å². The van der Waals surface area contributed by atoms with Gasteiger partial charge in [-0.1, -0.05) is 91.0 Å². The molecule has 0 radical (unpaired) electrons. The third-order valence-electron chi connectivity index (χ3n) is 15.9. The molecule has 0 spiro atoms. The van der Waals surface area contributed by atoms with E-state index in [1.807, 2.05) is 280 Å². The predicted molar refractivity (Wildman–Crippen MR) is 347 cm³/mol. The highest BCUT2D eigenvalue weighted by molar-refractivity contribution is 6.05. The smallest absolute Gasteiger partial charge is 0.371 e. The molecule has 2 amide bonds. The summed E-state index contributed by atoms with van der Waals surface area (Å²) in [5.74, 6) is -0.253. The normalized spacial score (nSPS) is 11.7. The Bertz CT molecular complexity index is 4910. The number of hydrogen-bond donors (Lipinski definition) is 5. The van der Waals surface area contributed by atoms with Crippen LogP contribution >= 0.6 is 0 Å². The highest BCUT2D eigenvalue weighted by atomic mass is 16.3. The average molecular weight is 1160 g/mol. The molecule has 1 aliphatic rings. The van der Waals surface area contributed by atoms with E-state index in [-0.39, 0.29) is 17.7 Å². The van der Waals surface area contributed by atoms with E-state index in [1.54, 1.807) is 5.32 Å². The molecule has 13 heteroatoms. The number of benzene rings is 6. The van der Waals surface area contributed by atoms with Crippen molar-refractivity contribution in [3.63, 3.8) is 0 Å². The van der Waals surface area contributed by atoms with Crippen LogP contribution in [0.5, 0.6) is 0 Å². The zero-order valence-electron chi connectivity index (χ0n) is 48.3. The summed E-state index contributed by atoms with van der Waals surface area (Å²) in [7, 11) is 0. The summed E-state index contributed by atoms with van der Waals surface area (Å²) in [6.07, 6.45) is 16.2. The average Bonchev–Trinajstić information content (AvgIpc) is 1.99. The molecular weight excluding hydrogens is 1100 g/mol. The van der Waals surface area contributed by atoms with Gasteiger partial charge in [0.05, 0.1) is 22.5 Å². The SMILES string of the molecule is O=C(Nc1ccc(-c2c3nc(c(-c4ccc([NH2+]C(=O)c5ccc(C[n+]6ccccc6)cc5)cc4)c4ccc([nH]4)c4ccc([n-]4)c(-c4ccc([NH+]=C(O)c5ccc(C[n+]6ccccc6)cc5)cc4)c4ccc2[n-]4)C=C3)cc1)c1ccc(C[n+]2ccccc2)cc1. The minimum Gasteiger partial charge on any atom is -0.657 e. The number of primary amides is 1. The number of fused-ring (bicyclic) bond motifs is 9. The number of nitrogens with zero attached hydrogens (tertiary/aromatic N) is 6. The van der Waals surface area contributed by atoms with Crippen LogP contribution in [0.1, 0.15) is 54.4 Å². The molecule has 8 heterocycles. The number of quaternary nitrogens is 1. The van der Waals surface area contributed by atoms with Crippen LogP contribution in [0.2, 0.25) is 0 Å². The molecule has 0 saturated heterocycles. The fourth-order valence-corrected chi connectivity index (χ4v) is 11.3. The fraction of sp³-hybridized carbons (Fsp3) is 0.0395. The molecule has 6 aromatic carbocycles. The molecular formula is C76H59N10O3+3. The van der Waals surface area contributed by atoms with Crippen molar-refractivity contribution in [2.75, 3.05) is 5.32 Å². The van der Waals surface area contributed by atoms with Gasteiger partial charge in [0.15, 0.2) is 56.8 Å². The quantitative estimate of drug-likeness (QED) is 0.0297. The Kier molecular flexibility index (Phi) is 15.2. The van der Waals surface area contributed by atoms with Crippen LogP contribution in [0.25, 0.3) is 78.6 Å². The molecule has 0 atom stereocenters. The highest BCUT2D eigenvalue weighted by Crippen LogP contribution is 2.37. The number of aromatic nitrogens is 7. The first-order chi connectivity index (χ1) is 43.7. The molecule has 0 fully saturated rings. The Morgan fingerprint density at radius 1 is 0.449 bits per heavy atom. The first-order valence-electron chi connectivity index (χ1n) is 29.4. The predicted octanol–water partition coefficient (Wildman–Crippen LogP) is 11.0. The monoisotopic (exact) mass is 1160 g/mol. The summed E-state index contributed by atoms with van der Waals surface area (Å²) in [5.41, 5.74) is 18.3. The number of rotatable bonds is 15. The standard InChI is InChI=1S/C76H56N10O3/c87-74(57-16-10-51(11-17-57)48-84-42-4-1-5-43-84)77-60-28-22-54(23-29-60)71-65-36-34-63(80-65)64-35-37-66(81-64)72(55-24-30-61(31-25-55)78-75(88)58-18-12-52(13-19-58)49-85-44-6-2-7-45-85)68-39-41-70(83-68)73(69-40-38-67(71)82-69)56-26-32-62(33-27-56)79-76(89)59-20-14-53(15-21-59)50-86-46-8-3-9-47-86/h1-47H,48-50H2,(H3-3,77,78,79,80,81,82,83,87,88,89)/p+3. The lowest BCUT2D eigenvalue weighted by atomic mass is 10.0. The molecule has 13 aromatic rings. The molecule has 0 saturated carbocycles. The van der Waals surface area contributed by atoms with Crippen molar-refractivity contribution in [3.8, 4) is 33.4 Å². The summed E-state index contributed by atoms with van der Waals surface area (Å²) in [6.45, 7) is 2.13. The van der Waals surface area contributed by atoms with Gasteiger partial charge in [0.1, 0.15) is 5.69 Å². The van der Waals surface area contributed by atoms with Crippen molar-refractivity contribution < 1.29 is 38.7 Å². The highest BCUT2D eigenvalue weighted by Gasteiger charge is 2.18. The summed E-state index contributed by atoms with van der Waals surface area (Å²) in [5, 5.41) is 16.1. The maximum Gasteiger partial charge on any atom is 0.371 e. The minimum atomic E-state index is -0.213. The molecule has 6 N–H and O–H groups in total. The maximum absolute atomic E-state index is 13.7. The molecule has 13 nitrogen and oxygen atoms in total. The molecule has 0 unspecified atom stereocenters. The van der Waals surface area contributed by atoms with Gasteiger partial charge in [0, 0.05) is 105 Å². The van der Waals surface area contributed by atoms with Gasteiger partial charge >= 0.3 is 11.8 Å². The number of H-pyrrole nitrogens is 1. The number of aliphatic hydroxyl groups is 1. The van der Waals surface area contributed by atoms with Crippen LogP contribution < -0.4 is 39.3 Å². The van der Waals surface area contributed by atoms with Gasteiger partial charge in [-0.25, -0.2) is 28.8 Å². The Hall–Kier alpha value is -11.9. The second kappa shape index (κ2) is 24.6. The molecule has 89 heavy (non-hydrogen) atoms. The lowest BCUT2D eigenvalue weighted by Crippen LogP contribution is -2.82. The maximum atomic E-state index is 13.7. The molecule has 428 valence electrons. The van der Waals surface area contributed by atoms with Crippen molar-refractivity contribution >= 4 is 80.0 Å². The second-order valence-electron chi connectivity index (χ2n) is 22.0. The third-order valence-corrected chi connectivity index (χ3v) is 15.9.